The molecule has 0 aromatic rings. The van der Waals surface area contributed by atoms with Gasteiger partial charge >= 0.3 is 0 Å². The van der Waals surface area contributed by atoms with E-state index < -0.39 is 0 Å². The predicted molar refractivity (Wildman–Crippen MR) is 98.6 cm³/mol. The van der Waals surface area contributed by atoms with Gasteiger partial charge in [-0.2, -0.15) is 0 Å². The van der Waals surface area contributed by atoms with E-state index >= 15 is 0 Å². The van der Waals surface area contributed by atoms with Crippen molar-refractivity contribution in [3.8, 4) is 0 Å². The number of nitrogens with zero attached hydrogens (tertiary/aromatic N) is 2. The second kappa shape index (κ2) is 10.7. The summed E-state index contributed by atoms with van der Waals surface area (Å²) in [5.41, 5.74) is 0. The van der Waals surface area contributed by atoms with E-state index in [-0.39, 0.29) is 6.23 Å². The summed E-state index contributed by atoms with van der Waals surface area (Å²) in [6.45, 7) is 9.47. The Morgan fingerprint density at radius 2 is 1.52 bits per heavy atom. The highest BCUT2D eigenvalue weighted by atomic mass is 16.3. The number of aliphatic hydroxyl groups excluding tert-OH is 1. The molecule has 0 radical (unpaired) electrons. The molecule has 3 heteroatoms. The average Bonchev–Trinajstić information content (AvgIpc) is 2.59. The highest BCUT2D eigenvalue weighted by Gasteiger charge is 2.22. The quantitative estimate of drug-likeness (QED) is 0.642. The molecule has 0 aromatic carbocycles. The van der Waals surface area contributed by atoms with E-state index in [0.29, 0.717) is 0 Å². The van der Waals surface area contributed by atoms with Gasteiger partial charge in [0.25, 0.3) is 0 Å². The number of likely N-dealkylation sites (tertiary alicyclic amines) is 2. The summed E-state index contributed by atoms with van der Waals surface area (Å²) in [4.78, 5) is 5.05. The zero-order chi connectivity index (χ0) is 16.5. The van der Waals surface area contributed by atoms with Crippen LogP contribution in [0, 0.1) is 5.92 Å². The molecule has 2 rings (SSSR count). The molecule has 0 spiro atoms. The average molecular weight is 325 g/mol. The second-order valence-electron chi connectivity index (χ2n) is 8.02. The van der Waals surface area contributed by atoms with E-state index in [2.05, 4.69) is 23.6 Å². The first-order valence-electron chi connectivity index (χ1n) is 10.4. The van der Waals surface area contributed by atoms with Crippen molar-refractivity contribution in [2.45, 2.75) is 96.7 Å². The number of hydrogen-bond donors (Lipinski definition) is 1. The second-order valence-corrected chi connectivity index (χ2v) is 8.02. The van der Waals surface area contributed by atoms with Crippen molar-refractivity contribution in [2.75, 3.05) is 26.2 Å². The molecule has 3 nitrogen and oxygen atoms in total. The normalized spacial score (nSPS) is 24.7. The first kappa shape index (κ1) is 19.2. The van der Waals surface area contributed by atoms with Gasteiger partial charge in [0.15, 0.2) is 0 Å². The lowest BCUT2D eigenvalue weighted by molar-refractivity contribution is -0.0222. The van der Waals surface area contributed by atoms with E-state index in [1.54, 1.807) is 0 Å². The molecule has 0 aromatic heterocycles. The van der Waals surface area contributed by atoms with Crippen LogP contribution in [0.15, 0.2) is 0 Å². The van der Waals surface area contributed by atoms with Crippen LogP contribution < -0.4 is 0 Å². The molecule has 2 heterocycles. The Morgan fingerprint density at radius 3 is 2.17 bits per heavy atom. The third-order valence-corrected chi connectivity index (χ3v) is 6.02. The minimum absolute atomic E-state index is 0.192. The molecule has 0 saturated carbocycles. The lowest BCUT2D eigenvalue weighted by atomic mass is 9.97. The first-order valence-corrected chi connectivity index (χ1v) is 10.4. The maximum Gasteiger partial charge on any atom is 0.107 e. The van der Waals surface area contributed by atoms with Crippen LogP contribution >= 0.6 is 0 Å². The Labute approximate surface area is 144 Å². The Kier molecular flexibility index (Phi) is 8.92. The summed E-state index contributed by atoms with van der Waals surface area (Å²) < 4.78 is 0. The van der Waals surface area contributed by atoms with Gasteiger partial charge in [0.1, 0.15) is 6.23 Å². The van der Waals surface area contributed by atoms with Gasteiger partial charge < -0.3 is 10.0 Å². The number of aliphatic hydroxyl groups is 1. The standard InChI is InChI=1S/C20H40N2O/c1-3-9-19(21-14-7-4-8-15-21)10-5-6-11-20(23)22-16-12-18(2)13-17-22/h18-20,23H,3-17H2,1-2H3. The fraction of sp³-hybridized carbons (Fsp3) is 1.00. The monoisotopic (exact) mass is 324 g/mol. The molecule has 2 unspecified atom stereocenters. The van der Waals surface area contributed by atoms with Gasteiger partial charge in [-0.05, 0) is 70.4 Å². The lowest BCUT2D eigenvalue weighted by Crippen LogP contribution is -2.41. The Hall–Kier alpha value is -0.120. The van der Waals surface area contributed by atoms with Crippen molar-refractivity contribution >= 4 is 0 Å². The number of hydrogen-bond acceptors (Lipinski definition) is 3. The van der Waals surface area contributed by atoms with Gasteiger partial charge in [-0.3, -0.25) is 4.90 Å². The summed E-state index contributed by atoms with van der Waals surface area (Å²) in [5.74, 6) is 0.845. The van der Waals surface area contributed by atoms with Crippen LogP contribution in [0.4, 0.5) is 0 Å². The molecule has 2 aliphatic heterocycles. The van der Waals surface area contributed by atoms with Crippen molar-refractivity contribution in [2.24, 2.45) is 5.92 Å². The van der Waals surface area contributed by atoms with Crippen molar-refractivity contribution in [3.63, 3.8) is 0 Å². The van der Waals surface area contributed by atoms with Crippen molar-refractivity contribution in [1.29, 1.82) is 0 Å². The Bertz CT molecular complexity index is 296. The van der Waals surface area contributed by atoms with Crippen LogP contribution in [0.2, 0.25) is 0 Å². The van der Waals surface area contributed by atoms with Crippen LogP contribution in [-0.2, 0) is 0 Å². The largest absolute Gasteiger partial charge is 0.378 e. The summed E-state index contributed by atoms with van der Waals surface area (Å²) in [5, 5.41) is 10.4. The maximum absolute atomic E-state index is 10.4. The molecule has 2 fully saturated rings. The van der Waals surface area contributed by atoms with Crippen molar-refractivity contribution in [3.05, 3.63) is 0 Å². The third kappa shape index (κ3) is 6.72. The molecule has 136 valence electrons. The number of unbranched alkanes of at least 4 members (excludes halogenated alkanes) is 1. The molecular formula is C20H40N2O. The minimum atomic E-state index is -0.192. The van der Waals surface area contributed by atoms with Gasteiger partial charge in [-0.15, -0.1) is 0 Å². The van der Waals surface area contributed by atoms with Crippen LogP contribution in [0.5, 0.6) is 0 Å². The Balaban J connectivity index is 1.62. The van der Waals surface area contributed by atoms with Gasteiger partial charge in [-0.1, -0.05) is 33.1 Å². The molecule has 2 aliphatic rings. The van der Waals surface area contributed by atoms with Crippen molar-refractivity contribution < 1.29 is 5.11 Å². The molecule has 0 bridgehead atoms. The maximum atomic E-state index is 10.4. The van der Waals surface area contributed by atoms with Crippen molar-refractivity contribution in [1.82, 2.24) is 9.80 Å². The first-order chi connectivity index (χ1) is 11.2. The highest BCUT2D eigenvalue weighted by Crippen LogP contribution is 2.22. The fourth-order valence-electron chi connectivity index (χ4n) is 4.34. The molecule has 23 heavy (non-hydrogen) atoms. The van der Waals surface area contributed by atoms with E-state index in [9.17, 15) is 5.11 Å². The van der Waals surface area contributed by atoms with Gasteiger partial charge in [0.2, 0.25) is 0 Å². The van der Waals surface area contributed by atoms with Crippen LogP contribution in [0.3, 0.4) is 0 Å². The van der Waals surface area contributed by atoms with Crippen LogP contribution in [0.25, 0.3) is 0 Å². The Morgan fingerprint density at radius 1 is 0.870 bits per heavy atom. The summed E-state index contributed by atoms with van der Waals surface area (Å²) in [7, 11) is 0. The van der Waals surface area contributed by atoms with Gasteiger partial charge in [0, 0.05) is 19.1 Å². The molecular weight excluding hydrogens is 284 g/mol. The SMILES string of the molecule is CCCC(CCCCC(O)N1CCC(C)CC1)N1CCCCC1. The van der Waals surface area contributed by atoms with Gasteiger partial charge in [-0.25, -0.2) is 0 Å². The van der Waals surface area contributed by atoms with Gasteiger partial charge in [0.05, 0.1) is 0 Å². The zero-order valence-corrected chi connectivity index (χ0v) is 15.7. The van der Waals surface area contributed by atoms with E-state index in [0.717, 1.165) is 31.5 Å². The fourth-order valence-corrected chi connectivity index (χ4v) is 4.34. The number of piperidine rings is 2. The van der Waals surface area contributed by atoms with E-state index in [4.69, 9.17) is 0 Å². The summed E-state index contributed by atoms with van der Waals surface area (Å²) in [6.07, 6.45) is 13.9. The zero-order valence-electron chi connectivity index (χ0n) is 15.7. The summed E-state index contributed by atoms with van der Waals surface area (Å²) >= 11 is 0. The minimum Gasteiger partial charge on any atom is -0.378 e. The van der Waals surface area contributed by atoms with Crippen LogP contribution in [-0.4, -0.2) is 53.4 Å². The predicted octanol–water partition coefficient (Wildman–Crippen LogP) is 4.25. The van der Waals surface area contributed by atoms with Crippen LogP contribution in [0.1, 0.15) is 84.5 Å². The molecule has 2 saturated heterocycles. The lowest BCUT2D eigenvalue weighted by Gasteiger charge is -2.35. The van der Waals surface area contributed by atoms with E-state index in [1.165, 1.54) is 77.3 Å². The highest BCUT2D eigenvalue weighted by molar-refractivity contribution is 4.76. The van der Waals surface area contributed by atoms with E-state index in [1.807, 2.05) is 0 Å². The molecule has 0 aliphatic carbocycles. The molecule has 0 amide bonds. The number of rotatable bonds is 9. The summed E-state index contributed by atoms with van der Waals surface area (Å²) in [6, 6.07) is 0.799. The molecule has 2 atom stereocenters. The molecule has 1 N–H and O–H groups in total. The topological polar surface area (TPSA) is 26.7 Å². The third-order valence-electron chi connectivity index (χ3n) is 6.02. The smallest absolute Gasteiger partial charge is 0.107 e.